The number of aromatic nitrogens is 6. The Kier molecular flexibility index (Phi) is 5.46. The Morgan fingerprint density at radius 2 is 1.82 bits per heavy atom. The van der Waals surface area contributed by atoms with Gasteiger partial charge in [-0.15, -0.1) is 0 Å². The molecule has 2 N–H and O–H groups in total. The van der Waals surface area contributed by atoms with E-state index in [-0.39, 0.29) is 41.0 Å². The Bertz CT molecular complexity index is 1340. The van der Waals surface area contributed by atoms with E-state index in [2.05, 4.69) is 35.3 Å². The zero-order valence-electron chi connectivity index (χ0n) is 18.0. The highest BCUT2D eigenvalue weighted by Gasteiger charge is 2.31. The van der Waals surface area contributed by atoms with Crippen LogP contribution in [0.1, 0.15) is 11.4 Å². The number of hydrogen-bond donors (Lipinski definition) is 2. The predicted octanol–water partition coefficient (Wildman–Crippen LogP) is 2.75. The van der Waals surface area contributed by atoms with E-state index in [1.54, 1.807) is 0 Å². The molecule has 180 valence electrons. The molecule has 4 heterocycles. The second-order valence-corrected chi connectivity index (χ2v) is 8.13. The quantitative estimate of drug-likeness (QED) is 0.424. The van der Waals surface area contributed by atoms with Gasteiger partial charge in [0, 0.05) is 31.7 Å². The molecule has 9 nitrogen and oxygen atoms in total. The van der Waals surface area contributed by atoms with Gasteiger partial charge in [0.25, 0.3) is 0 Å². The molecule has 0 atom stereocenters. The van der Waals surface area contributed by atoms with Crippen LogP contribution in [-0.2, 0) is 13.0 Å². The molecular weight excluding hydrogens is 461 g/mol. The number of hydrogen-bond acceptors (Lipinski definition) is 7. The minimum atomic E-state index is -4.43. The summed E-state index contributed by atoms with van der Waals surface area (Å²) in [5.74, 6) is -1.36. The van der Waals surface area contributed by atoms with Gasteiger partial charge in [-0.3, -0.25) is 0 Å². The van der Waals surface area contributed by atoms with E-state index in [9.17, 15) is 22.0 Å². The van der Waals surface area contributed by atoms with Crippen LogP contribution in [0.25, 0.3) is 16.7 Å². The molecule has 0 saturated carbocycles. The van der Waals surface area contributed by atoms with Crippen molar-refractivity contribution in [1.82, 2.24) is 34.4 Å². The summed E-state index contributed by atoms with van der Waals surface area (Å²) < 4.78 is 68.0. The molecule has 1 aliphatic rings. The molecule has 0 unspecified atom stereocenters. The van der Waals surface area contributed by atoms with Crippen molar-refractivity contribution in [2.45, 2.75) is 19.1 Å². The summed E-state index contributed by atoms with van der Waals surface area (Å²) in [4.78, 5) is 19.9. The third-order valence-electron chi connectivity index (χ3n) is 5.62. The van der Waals surface area contributed by atoms with Gasteiger partial charge in [-0.25, -0.2) is 13.8 Å². The lowest BCUT2D eigenvalue weighted by Crippen LogP contribution is -2.45. The van der Waals surface area contributed by atoms with Gasteiger partial charge in [-0.05, 0) is 19.2 Å². The first-order valence-electron chi connectivity index (χ1n) is 10.5. The molecule has 1 fully saturated rings. The SMILES string of the molecule is CN1CCN(c2nc(NCc3nc4c(F)c(F)ccc4[nH]3)n3ncc(CC(F)(F)F)c3n2)CC1. The van der Waals surface area contributed by atoms with Crippen molar-refractivity contribution in [2.75, 3.05) is 43.4 Å². The second kappa shape index (κ2) is 8.34. The van der Waals surface area contributed by atoms with E-state index in [4.69, 9.17) is 0 Å². The van der Waals surface area contributed by atoms with Crippen molar-refractivity contribution in [3.05, 3.63) is 41.4 Å². The zero-order valence-corrected chi connectivity index (χ0v) is 18.0. The minimum absolute atomic E-state index is 0.0124. The Morgan fingerprint density at radius 1 is 1.06 bits per heavy atom. The van der Waals surface area contributed by atoms with Crippen molar-refractivity contribution < 1.29 is 22.0 Å². The Morgan fingerprint density at radius 3 is 2.56 bits per heavy atom. The van der Waals surface area contributed by atoms with E-state index in [1.807, 2.05) is 11.9 Å². The number of halogens is 5. The standard InChI is InChI=1S/C20H20F5N9/c1-32-4-6-33(7-5-32)19-30-17-11(8-20(23,24)25)9-27-34(17)18(31-19)26-10-14-28-13-3-2-12(21)15(22)16(13)29-14/h2-3,9H,4-8,10H2,1H3,(H,28,29)(H,26,30,31). The molecular formula is C20H20F5N9. The summed E-state index contributed by atoms with van der Waals surface area (Å²) in [6.45, 7) is 2.76. The van der Waals surface area contributed by atoms with E-state index >= 15 is 0 Å². The highest BCUT2D eigenvalue weighted by Crippen LogP contribution is 2.26. The lowest BCUT2D eigenvalue weighted by Gasteiger charge is -2.32. The van der Waals surface area contributed by atoms with Crippen LogP contribution in [0.5, 0.6) is 0 Å². The van der Waals surface area contributed by atoms with Gasteiger partial charge in [0.1, 0.15) is 11.3 Å². The number of fused-ring (bicyclic) bond motifs is 2. The second-order valence-electron chi connectivity index (χ2n) is 8.13. The number of alkyl halides is 3. The van der Waals surface area contributed by atoms with Gasteiger partial charge in [0.15, 0.2) is 17.3 Å². The van der Waals surface area contributed by atoms with Crippen LogP contribution in [-0.4, -0.2) is 73.9 Å². The van der Waals surface area contributed by atoms with Crippen molar-refractivity contribution in [1.29, 1.82) is 0 Å². The highest BCUT2D eigenvalue weighted by molar-refractivity contribution is 5.75. The fraction of sp³-hybridized carbons (Fsp3) is 0.400. The Hall–Kier alpha value is -3.55. The van der Waals surface area contributed by atoms with Crippen molar-refractivity contribution in [3.8, 4) is 0 Å². The summed E-state index contributed by atoms with van der Waals surface area (Å²) in [6.07, 6.45) is -4.48. The summed E-state index contributed by atoms with van der Waals surface area (Å²) >= 11 is 0. The van der Waals surface area contributed by atoms with Gasteiger partial charge in [0.2, 0.25) is 11.9 Å². The first-order valence-corrected chi connectivity index (χ1v) is 10.5. The van der Waals surface area contributed by atoms with E-state index < -0.39 is 24.2 Å². The third kappa shape index (κ3) is 4.32. The van der Waals surface area contributed by atoms with Crippen LogP contribution in [0.2, 0.25) is 0 Å². The average Bonchev–Trinajstić information content (AvgIpc) is 3.39. The van der Waals surface area contributed by atoms with Gasteiger partial charge >= 0.3 is 6.18 Å². The average molecular weight is 481 g/mol. The van der Waals surface area contributed by atoms with Crippen molar-refractivity contribution in [3.63, 3.8) is 0 Å². The number of rotatable bonds is 5. The van der Waals surface area contributed by atoms with Crippen molar-refractivity contribution in [2.24, 2.45) is 0 Å². The number of aromatic amines is 1. The summed E-state index contributed by atoms with van der Waals surface area (Å²) in [5, 5.41) is 7.03. The smallest absolute Gasteiger partial charge is 0.347 e. The molecule has 14 heteroatoms. The van der Waals surface area contributed by atoms with Gasteiger partial charge in [0.05, 0.1) is 24.7 Å². The van der Waals surface area contributed by atoms with Crippen LogP contribution in [0.3, 0.4) is 0 Å². The maximum Gasteiger partial charge on any atom is 0.393 e. The molecule has 1 aromatic carbocycles. The molecule has 1 aliphatic heterocycles. The molecule has 4 aromatic rings. The largest absolute Gasteiger partial charge is 0.393 e. The fourth-order valence-electron chi connectivity index (χ4n) is 3.83. The van der Waals surface area contributed by atoms with Gasteiger partial charge < -0.3 is 20.1 Å². The zero-order chi connectivity index (χ0) is 24.0. The number of likely N-dealkylation sites (N-methyl/N-ethyl adjacent to an activating group) is 1. The van der Waals surface area contributed by atoms with Crippen LogP contribution >= 0.6 is 0 Å². The molecule has 0 spiro atoms. The summed E-state index contributed by atoms with van der Waals surface area (Å²) in [6, 6.07) is 2.37. The molecule has 3 aromatic heterocycles. The normalized spacial score (nSPS) is 15.5. The summed E-state index contributed by atoms with van der Waals surface area (Å²) in [7, 11) is 1.98. The predicted molar refractivity (Wildman–Crippen MR) is 114 cm³/mol. The number of imidazole rings is 1. The molecule has 34 heavy (non-hydrogen) atoms. The number of anilines is 2. The monoisotopic (exact) mass is 481 g/mol. The highest BCUT2D eigenvalue weighted by atomic mass is 19.4. The maximum absolute atomic E-state index is 14.0. The summed E-state index contributed by atoms with van der Waals surface area (Å²) in [5.41, 5.74) is 0.138. The molecule has 0 aliphatic carbocycles. The molecule has 5 rings (SSSR count). The molecule has 0 bridgehead atoms. The lowest BCUT2D eigenvalue weighted by atomic mass is 10.2. The first kappa shape index (κ1) is 22.3. The molecule has 1 saturated heterocycles. The Balaban J connectivity index is 1.49. The van der Waals surface area contributed by atoms with Gasteiger partial charge in [-0.1, -0.05) is 0 Å². The molecule has 0 radical (unpaired) electrons. The molecule has 0 amide bonds. The van der Waals surface area contributed by atoms with E-state index in [0.717, 1.165) is 25.4 Å². The van der Waals surface area contributed by atoms with E-state index in [1.165, 1.54) is 10.6 Å². The fourth-order valence-corrected chi connectivity index (χ4v) is 3.83. The number of H-pyrrole nitrogens is 1. The topological polar surface area (TPSA) is 90.3 Å². The maximum atomic E-state index is 14.0. The number of benzene rings is 1. The lowest BCUT2D eigenvalue weighted by molar-refractivity contribution is -0.127. The Labute approximate surface area is 189 Å². The third-order valence-corrected chi connectivity index (χ3v) is 5.62. The first-order chi connectivity index (χ1) is 16.2. The van der Waals surface area contributed by atoms with Crippen LogP contribution in [0, 0.1) is 11.6 Å². The van der Waals surface area contributed by atoms with Gasteiger partial charge in [-0.2, -0.15) is 32.8 Å². The van der Waals surface area contributed by atoms with Crippen LogP contribution < -0.4 is 10.2 Å². The number of nitrogens with one attached hydrogen (secondary N) is 2. The number of piperazine rings is 1. The van der Waals surface area contributed by atoms with Crippen molar-refractivity contribution >= 4 is 28.6 Å². The van der Waals surface area contributed by atoms with Crippen LogP contribution in [0.15, 0.2) is 18.3 Å². The number of nitrogens with zero attached hydrogens (tertiary/aromatic N) is 7. The minimum Gasteiger partial charge on any atom is -0.347 e. The van der Waals surface area contributed by atoms with E-state index in [0.29, 0.717) is 18.6 Å². The van der Waals surface area contributed by atoms with Crippen LogP contribution in [0.4, 0.5) is 33.8 Å².